The molecule has 29 heavy (non-hydrogen) atoms. The molecule has 2 atom stereocenters. The number of imidazole rings is 1. The van der Waals surface area contributed by atoms with E-state index < -0.39 is 0 Å². The Kier molecular flexibility index (Phi) is 5.59. The maximum Gasteiger partial charge on any atom is 0.178 e. The molecule has 0 N–H and O–H groups in total. The molecule has 1 unspecified atom stereocenters. The van der Waals surface area contributed by atoms with Gasteiger partial charge in [0.15, 0.2) is 11.5 Å². The van der Waals surface area contributed by atoms with Crippen LogP contribution in [0.15, 0.2) is 24.5 Å². The van der Waals surface area contributed by atoms with Gasteiger partial charge in [-0.3, -0.25) is 0 Å². The van der Waals surface area contributed by atoms with Gasteiger partial charge in [0.2, 0.25) is 0 Å². The molecular weight excluding hydrogens is 504 g/mol. The second-order valence-corrected chi connectivity index (χ2v) is 9.24. The molecule has 5 rings (SSSR count). The van der Waals surface area contributed by atoms with Gasteiger partial charge in [0, 0.05) is 31.9 Å². The molecule has 2 aliphatic rings. The zero-order chi connectivity index (χ0) is 19.8. The number of rotatable bonds is 4. The maximum atomic E-state index is 5.64. The topological polar surface area (TPSA) is 73.0 Å². The van der Waals surface area contributed by atoms with Gasteiger partial charge in [0.1, 0.15) is 5.69 Å². The smallest absolute Gasteiger partial charge is 0.178 e. The third-order valence-corrected chi connectivity index (χ3v) is 7.32. The van der Waals surface area contributed by atoms with Gasteiger partial charge in [-0.2, -0.15) is 5.10 Å². The molecule has 154 valence electrons. The van der Waals surface area contributed by atoms with Crippen molar-refractivity contribution >= 4 is 45.6 Å². The Morgan fingerprint density at radius 2 is 1.97 bits per heavy atom. The largest absolute Gasteiger partial charge is 0.378 e. The number of halogens is 1. The van der Waals surface area contributed by atoms with Crippen molar-refractivity contribution in [1.82, 2.24) is 24.1 Å². The summed E-state index contributed by atoms with van der Waals surface area (Å²) in [6.07, 6.45) is 4.25. The molecule has 2 fully saturated rings. The van der Waals surface area contributed by atoms with Crippen LogP contribution in [0.1, 0.15) is 6.92 Å². The van der Waals surface area contributed by atoms with Crippen LogP contribution in [-0.4, -0.2) is 76.3 Å². The average molecular weight is 527 g/mol. The van der Waals surface area contributed by atoms with Crippen LogP contribution in [0.2, 0.25) is 0 Å². The van der Waals surface area contributed by atoms with Crippen LogP contribution in [0, 0.1) is 0 Å². The number of fused-ring (bicyclic) bond motifs is 1. The Morgan fingerprint density at radius 3 is 2.76 bits per heavy atom. The van der Waals surface area contributed by atoms with E-state index in [0.717, 1.165) is 68.0 Å². The summed E-state index contributed by atoms with van der Waals surface area (Å²) >= 11 is 2.34. The third kappa shape index (κ3) is 3.60. The first-order valence-electron chi connectivity index (χ1n) is 9.73. The van der Waals surface area contributed by atoms with Crippen LogP contribution in [0.3, 0.4) is 0 Å². The fourth-order valence-corrected chi connectivity index (χ4v) is 5.47. The first kappa shape index (κ1) is 19.5. The fourth-order valence-electron chi connectivity index (χ4n) is 3.92. The number of nitrogens with zero attached hydrogens (tertiary/aromatic N) is 7. The van der Waals surface area contributed by atoms with Gasteiger partial charge in [-0.25, -0.2) is 14.0 Å². The second-order valence-electron chi connectivity index (χ2n) is 7.20. The van der Waals surface area contributed by atoms with Crippen LogP contribution in [0.25, 0.3) is 17.0 Å². The molecule has 2 aliphatic heterocycles. The minimum atomic E-state index is 0.277. The van der Waals surface area contributed by atoms with E-state index in [9.17, 15) is 0 Å². The van der Waals surface area contributed by atoms with E-state index in [4.69, 9.17) is 19.6 Å². The van der Waals surface area contributed by atoms with Crippen molar-refractivity contribution in [3.05, 3.63) is 24.5 Å². The third-order valence-electron chi connectivity index (χ3n) is 5.43. The quantitative estimate of drug-likeness (QED) is 0.382. The van der Waals surface area contributed by atoms with Crippen molar-refractivity contribution in [2.24, 2.45) is 0 Å². The first-order valence-corrected chi connectivity index (χ1v) is 13.8. The van der Waals surface area contributed by atoms with Crippen molar-refractivity contribution in [1.29, 1.82) is 0 Å². The summed E-state index contributed by atoms with van der Waals surface area (Å²) < 4.78 is 15.2. The van der Waals surface area contributed by atoms with Gasteiger partial charge >= 0.3 is 0 Å². The average Bonchev–Trinajstić information content (AvgIpc) is 3.40. The van der Waals surface area contributed by atoms with Crippen molar-refractivity contribution in [2.75, 3.05) is 55.9 Å². The zero-order valence-corrected chi connectivity index (χ0v) is 19.3. The molecule has 0 bridgehead atoms. The van der Waals surface area contributed by atoms with E-state index in [1.54, 1.807) is 0 Å². The van der Waals surface area contributed by atoms with Gasteiger partial charge in [-0.15, -0.1) is 5.10 Å². The molecule has 11 heteroatoms. The molecule has 3 aromatic rings. The minimum absolute atomic E-state index is 0.277. The molecule has 3 aromatic heterocycles. The van der Waals surface area contributed by atoms with Crippen LogP contribution >= 0.6 is 28.4 Å². The lowest BCUT2D eigenvalue weighted by molar-refractivity contribution is 0.0984. The summed E-state index contributed by atoms with van der Waals surface area (Å²) in [7, 11) is 0. The lowest BCUT2D eigenvalue weighted by Crippen LogP contribution is -2.44. The normalized spacial score (nSPS) is 21.0. The predicted molar refractivity (Wildman–Crippen MR) is 123 cm³/mol. The van der Waals surface area contributed by atoms with Crippen LogP contribution in [0.5, 0.6) is 0 Å². The summed E-state index contributed by atoms with van der Waals surface area (Å²) in [6.45, 7) is 7.62. The van der Waals surface area contributed by atoms with E-state index in [1.807, 2.05) is 27.4 Å². The van der Waals surface area contributed by atoms with Gasteiger partial charge in [-0.1, -0.05) is 0 Å². The van der Waals surface area contributed by atoms with Crippen molar-refractivity contribution in [2.45, 2.75) is 13.0 Å². The van der Waals surface area contributed by atoms with Gasteiger partial charge in [0.25, 0.3) is 0 Å². The molecule has 0 radical (unpaired) electrons. The van der Waals surface area contributed by atoms with Gasteiger partial charge < -0.3 is 19.3 Å². The Morgan fingerprint density at radius 1 is 1.14 bits per heavy atom. The Balaban J connectivity index is 1.68. The molecule has 0 amide bonds. The first-order chi connectivity index (χ1) is 14.3. The molecule has 2 saturated heterocycles. The number of hydrogen-bond donors (Lipinski definition) is 0. The number of aromatic nitrogens is 5. The molecule has 0 aliphatic carbocycles. The molecule has 0 spiro atoms. The van der Waals surface area contributed by atoms with Crippen molar-refractivity contribution in [3.63, 3.8) is 0 Å². The van der Waals surface area contributed by atoms with Crippen LogP contribution in [0.4, 0.5) is 11.5 Å². The maximum absolute atomic E-state index is 5.64. The Labute approximate surface area is 183 Å². The van der Waals surface area contributed by atoms with Gasteiger partial charge in [0.05, 0.1) is 56.4 Å². The minimum Gasteiger partial charge on any atom is -0.378 e. The highest BCUT2D eigenvalue weighted by atomic mass is 127. The number of anilines is 2. The standard InChI is InChI=1S/C18H23IN7O2P/c1-13-12-28-9-6-24(13)17-10-15(23-4-7-27-8-5-23)18-20-11-16(25(18)22-17)14-2-3-21-26(14)29-19/h2-3,10-11,13,29H,4-9,12H2,1H3/t13-/m1/s1. The number of ether oxygens (including phenoxy) is 2. The van der Waals surface area contributed by atoms with E-state index in [1.165, 1.54) is 0 Å². The number of hydrogen-bond acceptors (Lipinski definition) is 7. The molecule has 0 saturated carbocycles. The molecule has 5 heterocycles. The summed E-state index contributed by atoms with van der Waals surface area (Å²) in [5.74, 6) is 0.956. The highest BCUT2D eigenvalue weighted by Crippen LogP contribution is 2.34. The highest BCUT2D eigenvalue weighted by Gasteiger charge is 2.25. The van der Waals surface area contributed by atoms with E-state index in [0.29, 0.717) is 13.0 Å². The van der Waals surface area contributed by atoms with Crippen LogP contribution in [-0.2, 0) is 9.47 Å². The monoisotopic (exact) mass is 527 g/mol. The van der Waals surface area contributed by atoms with E-state index in [2.05, 4.69) is 49.9 Å². The van der Waals surface area contributed by atoms with Crippen molar-refractivity contribution in [3.8, 4) is 11.4 Å². The van der Waals surface area contributed by atoms with E-state index in [-0.39, 0.29) is 6.04 Å². The lowest BCUT2D eigenvalue weighted by Gasteiger charge is -2.35. The predicted octanol–water partition coefficient (Wildman–Crippen LogP) is 2.45. The summed E-state index contributed by atoms with van der Waals surface area (Å²) in [5, 5.41) is 9.46. The second kappa shape index (κ2) is 8.33. The molecule has 9 nitrogen and oxygen atoms in total. The highest BCUT2D eigenvalue weighted by molar-refractivity contribution is 14.2. The summed E-state index contributed by atoms with van der Waals surface area (Å²) in [6, 6.07) is 4.48. The number of morpholine rings is 2. The van der Waals surface area contributed by atoms with Gasteiger partial charge in [-0.05, 0) is 35.0 Å². The molecular formula is C18H23IN7O2P. The SMILES string of the molecule is C[C@@H]1COCCN1c1cc(N2CCOCC2)c2ncc(-c3ccnn3PI)n2n1. The summed E-state index contributed by atoms with van der Waals surface area (Å²) in [5.41, 5.74) is 3.96. The van der Waals surface area contributed by atoms with Crippen LogP contribution < -0.4 is 9.80 Å². The lowest BCUT2D eigenvalue weighted by atomic mass is 10.2. The fraction of sp³-hybridized carbons (Fsp3) is 0.500. The summed E-state index contributed by atoms with van der Waals surface area (Å²) in [4.78, 5) is 9.44. The van der Waals surface area contributed by atoms with E-state index >= 15 is 0 Å². The zero-order valence-electron chi connectivity index (χ0n) is 16.2. The molecule has 0 aromatic carbocycles. The Hall–Kier alpha value is -1.49. The Bertz CT molecular complexity index is 1000. The van der Waals surface area contributed by atoms with Crippen molar-refractivity contribution < 1.29 is 9.47 Å².